The quantitative estimate of drug-likeness (QED) is 0.659. The lowest BCUT2D eigenvalue weighted by molar-refractivity contribution is 0.0904. The van der Waals surface area contributed by atoms with E-state index in [1.165, 1.54) is 0 Å². The molecule has 0 saturated carbocycles. The van der Waals surface area contributed by atoms with E-state index in [-0.39, 0.29) is 18.2 Å². The standard InChI is InChI=1S/C16H16N2O2/c1-11-6-8-12(9-7-11)15(19)10-18-16(20)13-4-2-3-5-14(13)17/h2-9H,10,17H2,1H3,(H,18,20). The third-order valence-electron chi connectivity index (χ3n) is 2.99. The molecule has 0 fully saturated rings. The van der Waals surface area contributed by atoms with Crippen LogP contribution in [-0.4, -0.2) is 18.2 Å². The van der Waals surface area contributed by atoms with Crippen LogP contribution in [0, 0.1) is 6.92 Å². The molecule has 0 heterocycles. The first-order valence-electron chi connectivity index (χ1n) is 6.30. The van der Waals surface area contributed by atoms with Gasteiger partial charge in [-0.05, 0) is 19.1 Å². The van der Waals surface area contributed by atoms with Gasteiger partial charge in [-0.25, -0.2) is 0 Å². The Labute approximate surface area is 117 Å². The summed E-state index contributed by atoms with van der Waals surface area (Å²) < 4.78 is 0. The Bertz CT molecular complexity index is 633. The van der Waals surface area contributed by atoms with Gasteiger partial charge in [0, 0.05) is 11.3 Å². The molecule has 0 aromatic heterocycles. The number of hydrogen-bond donors (Lipinski definition) is 2. The summed E-state index contributed by atoms with van der Waals surface area (Å²) >= 11 is 0. The Kier molecular flexibility index (Phi) is 4.15. The van der Waals surface area contributed by atoms with Crippen molar-refractivity contribution in [1.29, 1.82) is 0 Å². The van der Waals surface area contributed by atoms with Crippen molar-refractivity contribution in [2.45, 2.75) is 6.92 Å². The highest BCUT2D eigenvalue weighted by Gasteiger charge is 2.11. The number of nitrogen functional groups attached to an aromatic ring is 1. The number of benzene rings is 2. The van der Waals surface area contributed by atoms with E-state index in [0.717, 1.165) is 5.56 Å². The molecule has 0 radical (unpaired) electrons. The van der Waals surface area contributed by atoms with Crippen molar-refractivity contribution in [2.24, 2.45) is 0 Å². The summed E-state index contributed by atoms with van der Waals surface area (Å²) in [6, 6.07) is 14.0. The highest BCUT2D eigenvalue weighted by Crippen LogP contribution is 2.10. The van der Waals surface area contributed by atoms with E-state index in [1.807, 2.05) is 19.1 Å². The zero-order valence-electron chi connectivity index (χ0n) is 11.2. The first-order valence-corrected chi connectivity index (χ1v) is 6.30. The lowest BCUT2D eigenvalue weighted by Crippen LogP contribution is -2.30. The molecule has 4 nitrogen and oxygen atoms in total. The topological polar surface area (TPSA) is 72.2 Å². The van der Waals surface area contributed by atoms with Gasteiger partial charge in [-0.3, -0.25) is 9.59 Å². The Hall–Kier alpha value is -2.62. The number of anilines is 1. The summed E-state index contributed by atoms with van der Waals surface area (Å²) in [7, 11) is 0. The second-order valence-electron chi connectivity index (χ2n) is 4.56. The summed E-state index contributed by atoms with van der Waals surface area (Å²) in [5, 5.41) is 2.58. The number of Topliss-reactive ketones (excluding diaryl/α,β-unsaturated/α-hetero) is 1. The molecule has 2 aromatic rings. The van der Waals surface area contributed by atoms with Gasteiger partial charge in [0.15, 0.2) is 5.78 Å². The van der Waals surface area contributed by atoms with Crippen LogP contribution in [0.1, 0.15) is 26.3 Å². The normalized spacial score (nSPS) is 10.1. The number of amides is 1. The van der Waals surface area contributed by atoms with Crippen molar-refractivity contribution in [3.05, 3.63) is 65.2 Å². The molecule has 102 valence electrons. The van der Waals surface area contributed by atoms with E-state index in [9.17, 15) is 9.59 Å². The predicted molar refractivity (Wildman–Crippen MR) is 78.7 cm³/mol. The zero-order valence-corrected chi connectivity index (χ0v) is 11.2. The van der Waals surface area contributed by atoms with E-state index >= 15 is 0 Å². The SMILES string of the molecule is Cc1ccc(C(=O)CNC(=O)c2ccccc2N)cc1. The highest BCUT2D eigenvalue weighted by atomic mass is 16.2. The second kappa shape index (κ2) is 6.02. The van der Waals surface area contributed by atoms with Crippen LogP contribution < -0.4 is 11.1 Å². The number of carbonyl (C=O) groups is 2. The van der Waals surface area contributed by atoms with Crippen LogP contribution in [-0.2, 0) is 0 Å². The third kappa shape index (κ3) is 3.23. The maximum atomic E-state index is 11.9. The van der Waals surface area contributed by atoms with E-state index in [0.29, 0.717) is 16.8 Å². The molecule has 0 spiro atoms. The zero-order chi connectivity index (χ0) is 14.5. The smallest absolute Gasteiger partial charge is 0.253 e. The van der Waals surface area contributed by atoms with Crippen LogP contribution in [0.15, 0.2) is 48.5 Å². The van der Waals surface area contributed by atoms with Crippen molar-refractivity contribution in [3.63, 3.8) is 0 Å². The van der Waals surface area contributed by atoms with Crippen molar-refractivity contribution in [3.8, 4) is 0 Å². The van der Waals surface area contributed by atoms with E-state index in [1.54, 1.807) is 36.4 Å². The lowest BCUT2D eigenvalue weighted by atomic mass is 10.1. The molecule has 0 aliphatic rings. The number of rotatable bonds is 4. The largest absolute Gasteiger partial charge is 0.398 e. The maximum absolute atomic E-state index is 11.9. The van der Waals surface area contributed by atoms with E-state index in [4.69, 9.17) is 5.73 Å². The molecule has 0 saturated heterocycles. The average molecular weight is 268 g/mol. The molecule has 0 aliphatic carbocycles. The van der Waals surface area contributed by atoms with E-state index in [2.05, 4.69) is 5.32 Å². The van der Waals surface area contributed by atoms with Crippen molar-refractivity contribution < 1.29 is 9.59 Å². The van der Waals surface area contributed by atoms with Crippen LogP contribution in [0.5, 0.6) is 0 Å². The summed E-state index contributed by atoms with van der Waals surface area (Å²) in [6.45, 7) is 1.91. The Morgan fingerprint density at radius 3 is 2.35 bits per heavy atom. The fraction of sp³-hybridized carbons (Fsp3) is 0.125. The van der Waals surface area contributed by atoms with Gasteiger partial charge in [0.05, 0.1) is 12.1 Å². The molecule has 0 aliphatic heterocycles. The minimum absolute atomic E-state index is 0.0454. The van der Waals surface area contributed by atoms with Gasteiger partial charge in [-0.15, -0.1) is 0 Å². The molecule has 0 unspecified atom stereocenters. The third-order valence-corrected chi connectivity index (χ3v) is 2.99. The number of nitrogens with two attached hydrogens (primary N) is 1. The van der Waals surface area contributed by atoms with Gasteiger partial charge >= 0.3 is 0 Å². The predicted octanol–water partition coefficient (Wildman–Crippen LogP) is 2.19. The Balaban J connectivity index is 1.99. The van der Waals surface area contributed by atoms with Crippen molar-refractivity contribution in [2.75, 3.05) is 12.3 Å². The van der Waals surface area contributed by atoms with Crippen LogP contribution in [0.2, 0.25) is 0 Å². The fourth-order valence-electron chi connectivity index (χ4n) is 1.80. The lowest BCUT2D eigenvalue weighted by Gasteiger charge is -2.07. The summed E-state index contributed by atoms with van der Waals surface area (Å²) in [6.07, 6.45) is 0. The molecular weight excluding hydrogens is 252 g/mol. The van der Waals surface area contributed by atoms with Gasteiger partial charge in [0.2, 0.25) is 0 Å². The molecular formula is C16H16N2O2. The molecule has 2 aromatic carbocycles. The van der Waals surface area contributed by atoms with Crippen LogP contribution in [0.4, 0.5) is 5.69 Å². The monoisotopic (exact) mass is 268 g/mol. The average Bonchev–Trinajstić information content (AvgIpc) is 2.45. The molecule has 0 bridgehead atoms. The molecule has 20 heavy (non-hydrogen) atoms. The van der Waals surface area contributed by atoms with Crippen LogP contribution in [0.25, 0.3) is 0 Å². The van der Waals surface area contributed by atoms with Gasteiger partial charge in [0.25, 0.3) is 5.91 Å². The molecule has 4 heteroatoms. The first-order chi connectivity index (χ1) is 9.58. The van der Waals surface area contributed by atoms with Crippen LogP contribution >= 0.6 is 0 Å². The van der Waals surface area contributed by atoms with E-state index < -0.39 is 0 Å². The van der Waals surface area contributed by atoms with Gasteiger partial charge in [0.1, 0.15) is 0 Å². The molecule has 1 amide bonds. The minimum atomic E-state index is -0.344. The Morgan fingerprint density at radius 2 is 1.70 bits per heavy atom. The van der Waals surface area contributed by atoms with Crippen molar-refractivity contribution >= 4 is 17.4 Å². The van der Waals surface area contributed by atoms with Gasteiger partial charge in [-0.2, -0.15) is 0 Å². The maximum Gasteiger partial charge on any atom is 0.253 e. The van der Waals surface area contributed by atoms with Crippen LogP contribution in [0.3, 0.4) is 0 Å². The Morgan fingerprint density at radius 1 is 1.05 bits per heavy atom. The number of carbonyl (C=O) groups excluding carboxylic acids is 2. The second-order valence-corrected chi connectivity index (χ2v) is 4.56. The summed E-state index contributed by atoms with van der Waals surface area (Å²) in [4.78, 5) is 23.8. The molecule has 0 atom stereocenters. The highest BCUT2D eigenvalue weighted by molar-refractivity contribution is 6.04. The number of para-hydroxylation sites is 1. The minimum Gasteiger partial charge on any atom is -0.398 e. The van der Waals surface area contributed by atoms with Crippen molar-refractivity contribution in [1.82, 2.24) is 5.32 Å². The number of ketones is 1. The molecule has 2 rings (SSSR count). The summed E-state index contributed by atoms with van der Waals surface area (Å²) in [5.74, 6) is -0.476. The number of hydrogen-bond acceptors (Lipinski definition) is 3. The number of nitrogens with one attached hydrogen (secondary N) is 1. The van der Waals surface area contributed by atoms with Gasteiger partial charge in [-0.1, -0.05) is 42.0 Å². The summed E-state index contributed by atoms with van der Waals surface area (Å²) in [5.41, 5.74) is 8.15. The molecule has 3 N–H and O–H groups in total. The first kappa shape index (κ1) is 13.8. The fourth-order valence-corrected chi connectivity index (χ4v) is 1.80. The van der Waals surface area contributed by atoms with Gasteiger partial charge < -0.3 is 11.1 Å². The number of aryl methyl sites for hydroxylation is 1.